The highest BCUT2D eigenvalue weighted by molar-refractivity contribution is 7.92. The number of pyridine rings is 1. The maximum atomic E-state index is 12.0. The Morgan fingerprint density at radius 3 is 2.57 bits per heavy atom. The van der Waals surface area contributed by atoms with Crippen molar-refractivity contribution in [2.24, 2.45) is 5.92 Å². The van der Waals surface area contributed by atoms with Crippen LogP contribution >= 0.6 is 0 Å². The highest BCUT2D eigenvalue weighted by Crippen LogP contribution is 2.28. The fourth-order valence-corrected chi connectivity index (χ4v) is 3.99. The minimum atomic E-state index is -3.26. The average molecular weight is 332 g/mol. The first kappa shape index (κ1) is 15.8. The number of benzene rings is 1. The molecule has 23 heavy (non-hydrogen) atoms. The lowest BCUT2D eigenvalue weighted by Gasteiger charge is -2.25. The maximum Gasteiger partial charge on any atom is 0.232 e. The van der Waals surface area contributed by atoms with E-state index in [2.05, 4.69) is 9.71 Å². The Balaban J connectivity index is 1.54. The van der Waals surface area contributed by atoms with Gasteiger partial charge in [0.05, 0.1) is 5.75 Å². The van der Waals surface area contributed by atoms with Crippen LogP contribution in [-0.2, 0) is 16.6 Å². The van der Waals surface area contributed by atoms with E-state index in [9.17, 15) is 8.42 Å². The van der Waals surface area contributed by atoms with Crippen LogP contribution in [0.3, 0.4) is 0 Å². The molecule has 6 heteroatoms. The molecule has 2 aromatic rings. The largest absolute Gasteiger partial charge is 0.489 e. The predicted molar refractivity (Wildman–Crippen MR) is 89.8 cm³/mol. The quantitative estimate of drug-likeness (QED) is 0.845. The fraction of sp³-hybridized carbons (Fsp3) is 0.353. The first-order chi connectivity index (χ1) is 11.1. The highest BCUT2D eigenvalue weighted by Gasteiger charge is 2.24. The average Bonchev–Trinajstić information content (AvgIpc) is 2.51. The predicted octanol–water partition coefficient (Wildman–Crippen LogP) is 3.20. The molecule has 1 aliphatic rings. The van der Waals surface area contributed by atoms with Gasteiger partial charge in [0.15, 0.2) is 0 Å². The Bertz CT molecular complexity index is 726. The Morgan fingerprint density at radius 1 is 1.17 bits per heavy atom. The van der Waals surface area contributed by atoms with E-state index >= 15 is 0 Å². The molecule has 1 aromatic carbocycles. The van der Waals surface area contributed by atoms with Gasteiger partial charge in [0.2, 0.25) is 10.0 Å². The summed E-state index contributed by atoms with van der Waals surface area (Å²) in [5.74, 6) is 1.22. The van der Waals surface area contributed by atoms with Gasteiger partial charge in [-0.3, -0.25) is 9.71 Å². The minimum absolute atomic E-state index is 0.215. The number of aromatic nitrogens is 1. The lowest BCUT2D eigenvalue weighted by Crippen LogP contribution is -2.26. The van der Waals surface area contributed by atoms with Crippen LogP contribution in [0.1, 0.15) is 24.8 Å². The molecule has 0 amide bonds. The third-order valence-electron chi connectivity index (χ3n) is 3.94. The van der Waals surface area contributed by atoms with E-state index in [1.165, 1.54) is 0 Å². The molecule has 0 radical (unpaired) electrons. The fourth-order valence-electron chi connectivity index (χ4n) is 2.46. The molecule has 122 valence electrons. The topological polar surface area (TPSA) is 68.3 Å². The van der Waals surface area contributed by atoms with Gasteiger partial charge in [-0.15, -0.1) is 0 Å². The van der Waals surface area contributed by atoms with Crippen LogP contribution in [0, 0.1) is 5.92 Å². The molecule has 1 aromatic heterocycles. The summed E-state index contributed by atoms with van der Waals surface area (Å²) in [6, 6.07) is 10.8. The third-order valence-corrected chi connectivity index (χ3v) is 5.39. The molecule has 1 fully saturated rings. The van der Waals surface area contributed by atoms with Crippen LogP contribution in [0.2, 0.25) is 0 Å². The first-order valence-electron chi connectivity index (χ1n) is 7.73. The molecule has 0 spiro atoms. The molecule has 3 rings (SSSR count). The summed E-state index contributed by atoms with van der Waals surface area (Å²) in [7, 11) is -3.26. The van der Waals surface area contributed by atoms with E-state index < -0.39 is 10.0 Å². The van der Waals surface area contributed by atoms with Gasteiger partial charge in [0, 0.05) is 23.6 Å². The summed E-state index contributed by atoms with van der Waals surface area (Å²) >= 11 is 0. The van der Waals surface area contributed by atoms with Crippen molar-refractivity contribution in [2.45, 2.75) is 25.9 Å². The van der Waals surface area contributed by atoms with E-state index in [4.69, 9.17) is 4.74 Å². The van der Waals surface area contributed by atoms with Crippen LogP contribution in [0.4, 0.5) is 5.69 Å². The molecule has 0 aliphatic heterocycles. The zero-order valence-electron chi connectivity index (χ0n) is 12.8. The molecule has 1 aliphatic carbocycles. The summed E-state index contributed by atoms with van der Waals surface area (Å²) in [5, 5.41) is 0. The van der Waals surface area contributed by atoms with Gasteiger partial charge in [-0.05, 0) is 49.1 Å². The van der Waals surface area contributed by atoms with Gasteiger partial charge < -0.3 is 4.74 Å². The number of ether oxygens (including phenoxy) is 1. The molecule has 5 nitrogen and oxygen atoms in total. The van der Waals surface area contributed by atoms with Gasteiger partial charge in [-0.2, -0.15) is 0 Å². The van der Waals surface area contributed by atoms with Crippen molar-refractivity contribution in [3.8, 4) is 5.75 Å². The molecular weight excluding hydrogens is 312 g/mol. The molecule has 0 saturated heterocycles. The molecule has 1 N–H and O–H groups in total. The third kappa shape index (κ3) is 4.69. The van der Waals surface area contributed by atoms with Crippen LogP contribution in [0.5, 0.6) is 5.75 Å². The van der Waals surface area contributed by atoms with Crippen LogP contribution in [-0.4, -0.2) is 19.2 Å². The van der Waals surface area contributed by atoms with E-state index in [1.807, 2.05) is 12.1 Å². The van der Waals surface area contributed by atoms with E-state index in [0.717, 1.165) is 24.8 Å². The Hall–Kier alpha value is -2.08. The summed E-state index contributed by atoms with van der Waals surface area (Å²) in [4.78, 5) is 4.03. The number of nitrogens with zero attached hydrogens (tertiary/aromatic N) is 1. The van der Waals surface area contributed by atoms with Crippen molar-refractivity contribution in [1.29, 1.82) is 0 Å². The van der Waals surface area contributed by atoms with Gasteiger partial charge in [-0.25, -0.2) is 8.42 Å². The van der Waals surface area contributed by atoms with Crippen molar-refractivity contribution < 1.29 is 13.2 Å². The normalized spacial score (nSPS) is 15.0. The summed E-state index contributed by atoms with van der Waals surface area (Å²) in [6.45, 7) is 0.431. The second-order valence-corrected chi connectivity index (χ2v) is 7.62. The molecule has 1 saturated carbocycles. The molecule has 0 unspecified atom stereocenters. The molecule has 1 heterocycles. The number of sulfonamides is 1. The zero-order valence-corrected chi connectivity index (χ0v) is 13.6. The number of nitrogens with one attached hydrogen (secondary N) is 1. The lowest BCUT2D eigenvalue weighted by molar-refractivity contribution is 0.306. The molecule has 0 bridgehead atoms. The van der Waals surface area contributed by atoms with Crippen molar-refractivity contribution in [3.63, 3.8) is 0 Å². The van der Waals surface area contributed by atoms with Gasteiger partial charge in [0.25, 0.3) is 0 Å². The summed E-state index contributed by atoms with van der Waals surface area (Å²) < 4.78 is 32.4. The standard InChI is InChI=1S/C17H20N2O3S/c20-23(21,13-14-3-1-4-14)19-16-6-8-17(9-7-16)22-12-15-5-2-10-18-11-15/h2,5-11,14,19H,1,3-4,12-13H2. The number of anilines is 1. The number of rotatable bonds is 7. The van der Waals surface area contributed by atoms with Crippen molar-refractivity contribution in [2.75, 3.05) is 10.5 Å². The van der Waals surface area contributed by atoms with Gasteiger partial charge in [0.1, 0.15) is 12.4 Å². The van der Waals surface area contributed by atoms with E-state index in [0.29, 0.717) is 24.0 Å². The van der Waals surface area contributed by atoms with Crippen molar-refractivity contribution >= 4 is 15.7 Å². The molecular formula is C17H20N2O3S. The monoisotopic (exact) mass is 332 g/mol. The zero-order chi connectivity index (χ0) is 16.1. The highest BCUT2D eigenvalue weighted by atomic mass is 32.2. The van der Waals surface area contributed by atoms with Crippen LogP contribution in [0.15, 0.2) is 48.8 Å². The molecule has 0 atom stereocenters. The van der Waals surface area contributed by atoms with Gasteiger partial charge >= 0.3 is 0 Å². The minimum Gasteiger partial charge on any atom is -0.489 e. The van der Waals surface area contributed by atoms with Crippen molar-refractivity contribution in [3.05, 3.63) is 54.4 Å². The maximum absolute atomic E-state index is 12.0. The second-order valence-electron chi connectivity index (χ2n) is 5.85. The Morgan fingerprint density at radius 2 is 1.96 bits per heavy atom. The lowest BCUT2D eigenvalue weighted by atomic mass is 9.87. The number of hydrogen-bond acceptors (Lipinski definition) is 4. The summed E-state index contributed by atoms with van der Waals surface area (Å²) in [5.41, 5.74) is 1.55. The van der Waals surface area contributed by atoms with Crippen LogP contribution < -0.4 is 9.46 Å². The SMILES string of the molecule is O=S(=O)(CC1CCC1)Nc1ccc(OCc2cccnc2)cc1. The van der Waals surface area contributed by atoms with Gasteiger partial charge in [-0.1, -0.05) is 12.5 Å². The number of hydrogen-bond donors (Lipinski definition) is 1. The Kier molecular flexibility index (Phi) is 4.81. The first-order valence-corrected chi connectivity index (χ1v) is 9.38. The van der Waals surface area contributed by atoms with Crippen LogP contribution in [0.25, 0.3) is 0 Å². The van der Waals surface area contributed by atoms with E-state index in [1.54, 1.807) is 36.7 Å². The van der Waals surface area contributed by atoms with Crippen molar-refractivity contribution in [1.82, 2.24) is 4.98 Å². The summed E-state index contributed by atoms with van der Waals surface area (Å²) in [6.07, 6.45) is 6.64. The smallest absolute Gasteiger partial charge is 0.232 e. The van der Waals surface area contributed by atoms with E-state index in [-0.39, 0.29) is 5.75 Å². The Labute approximate surface area is 136 Å². The second kappa shape index (κ2) is 7.00.